The van der Waals surface area contributed by atoms with Gasteiger partial charge in [-0.25, -0.2) is 4.79 Å². The van der Waals surface area contributed by atoms with Gasteiger partial charge in [-0.05, 0) is 18.9 Å². The number of aromatic amines is 1. The molecule has 4 unspecified atom stereocenters. The maximum absolute atomic E-state index is 11.2. The van der Waals surface area contributed by atoms with Crippen molar-refractivity contribution in [3.8, 4) is 0 Å². The van der Waals surface area contributed by atoms with Crippen LogP contribution in [0.4, 0.5) is 0 Å². The van der Waals surface area contributed by atoms with Crippen LogP contribution in [0.25, 0.3) is 0 Å². The van der Waals surface area contributed by atoms with Gasteiger partial charge in [0.15, 0.2) is 0 Å². The predicted molar refractivity (Wildman–Crippen MR) is 55.3 cm³/mol. The Hall–Kier alpha value is -1.20. The van der Waals surface area contributed by atoms with E-state index in [0.717, 1.165) is 17.9 Å². The van der Waals surface area contributed by atoms with Crippen LogP contribution in [0.5, 0.6) is 0 Å². The standard InChI is InChI=1S/C10H14N4O/c1-4-2-6(14-10(15)13-4)9-7-5(3-12-9)8(7)11/h2,5,7-9,12H,3,11H2,1H3,(H,13,14,15). The second-order valence-electron chi connectivity index (χ2n) is 4.50. The molecule has 1 aliphatic heterocycles. The summed E-state index contributed by atoms with van der Waals surface area (Å²) in [6, 6.07) is 2.38. The molecule has 1 saturated heterocycles. The van der Waals surface area contributed by atoms with Crippen LogP contribution >= 0.6 is 0 Å². The van der Waals surface area contributed by atoms with E-state index in [9.17, 15) is 4.79 Å². The average molecular weight is 206 g/mol. The van der Waals surface area contributed by atoms with Gasteiger partial charge in [0, 0.05) is 24.2 Å². The highest BCUT2D eigenvalue weighted by Gasteiger charge is 2.56. The van der Waals surface area contributed by atoms with E-state index in [2.05, 4.69) is 15.3 Å². The maximum Gasteiger partial charge on any atom is 0.345 e. The van der Waals surface area contributed by atoms with Gasteiger partial charge in [-0.2, -0.15) is 4.98 Å². The lowest BCUT2D eigenvalue weighted by Gasteiger charge is -2.13. The number of nitrogens with one attached hydrogen (secondary N) is 2. The van der Waals surface area contributed by atoms with Crippen LogP contribution in [0.15, 0.2) is 10.9 Å². The largest absolute Gasteiger partial charge is 0.345 e. The summed E-state index contributed by atoms with van der Waals surface area (Å²) in [6.07, 6.45) is 0. The molecule has 1 aromatic rings. The Bertz CT molecular complexity index is 455. The molecule has 3 rings (SSSR count). The zero-order valence-corrected chi connectivity index (χ0v) is 8.53. The first-order valence-corrected chi connectivity index (χ1v) is 5.23. The summed E-state index contributed by atoms with van der Waals surface area (Å²) in [5.74, 6) is 1.05. The summed E-state index contributed by atoms with van der Waals surface area (Å²) in [5.41, 5.74) is 7.33. The Labute approximate surface area is 87.1 Å². The number of aryl methyl sites for hydroxylation is 1. The van der Waals surface area contributed by atoms with Gasteiger partial charge in [-0.3, -0.25) is 0 Å². The third-order valence-corrected chi connectivity index (χ3v) is 3.47. The fourth-order valence-electron chi connectivity index (χ4n) is 2.63. The second-order valence-corrected chi connectivity index (χ2v) is 4.50. The summed E-state index contributed by atoms with van der Waals surface area (Å²) in [7, 11) is 0. The van der Waals surface area contributed by atoms with Gasteiger partial charge in [0.2, 0.25) is 0 Å². The predicted octanol–water partition coefficient (Wildman–Crippen LogP) is -0.704. The minimum Gasteiger partial charge on any atom is -0.327 e. The van der Waals surface area contributed by atoms with Gasteiger partial charge in [-0.15, -0.1) is 0 Å². The first-order chi connectivity index (χ1) is 7.16. The third kappa shape index (κ3) is 1.31. The maximum atomic E-state index is 11.2. The number of rotatable bonds is 1. The van der Waals surface area contributed by atoms with Crippen LogP contribution in [0.1, 0.15) is 17.4 Å². The van der Waals surface area contributed by atoms with Crippen LogP contribution in [-0.2, 0) is 0 Å². The smallest absolute Gasteiger partial charge is 0.327 e. The molecule has 1 aromatic heterocycles. The normalized spacial score (nSPS) is 37.7. The zero-order valence-electron chi connectivity index (χ0n) is 8.53. The topological polar surface area (TPSA) is 83.8 Å². The Morgan fingerprint density at radius 1 is 1.60 bits per heavy atom. The van der Waals surface area contributed by atoms with Gasteiger partial charge in [0.05, 0.1) is 11.7 Å². The molecule has 4 N–H and O–H groups in total. The minimum atomic E-state index is -0.274. The fraction of sp³-hybridized carbons (Fsp3) is 0.600. The molecule has 0 amide bonds. The van der Waals surface area contributed by atoms with Crippen molar-refractivity contribution in [2.75, 3.05) is 6.54 Å². The Morgan fingerprint density at radius 2 is 2.40 bits per heavy atom. The van der Waals surface area contributed by atoms with Crippen molar-refractivity contribution in [3.63, 3.8) is 0 Å². The molecule has 0 spiro atoms. The van der Waals surface area contributed by atoms with E-state index < -0.39 is 0 Å². The molecule has 4 atom stereocenters. The molecular formula is C10H14N4O. The summed E-state index contributed by atoms with van der Waals surface area (Å²) in [4.78, 5) is 17.9. The Morgan fingerprint density at radius 3 is 3.00 bits per heavy atom. The molecule has 1 aliphatic carbocycles. The molecule has 80 valence electrons. The van der Waals surface area contributed by atoms with Crippen LogP contribution in [0.2, 0.25) is 0 Å². The summed E-state index contributed by atoms with van der Waals surface area (Å²) >= 11 is 0. The van der Waals surface area contributed by atoms with Crippen LogP contribution in [0.3, 0.4) is 0 Å². The molecule has 2 aliphatic rings. The van der Waals surface area contributed by atoms with Crippen LogP contribution < -0.4 is 16.7 Å². The SMILES string of the molecule is Cc1cc(C2NCC3C(N)C23)nc(=O)[nH]1. The average Bonchev–Trinajstić information content (AvgIpc) is 2.62. The molecular weight excluding hydrogens is 192 g/mol. The first kappa shape index (κ1) is 9.06. The van der Waals surface area contributed by atoms with E-state index in [-0.39, 0.29) is 17.8 Å². The number of piperidine rings is 1. The number of fused-ring (bicyclic) bond motifs is 1. The van der Waals surface area contributed by atoms with Crippen molar-refractivity contribution >= 4 is 0 Å². The molecule has 5 nitrogen and oxygen atoms in total. The number of nitrogens with zero attached hydrogens (tertiary/aromatic N) is 1. The lowest BCUT2D eigenvalue weighted by atomic mass is 10.1. The van der Waals surface area contributed by atoms with Gasteiger partial charge in [0.1, 0.15) is 0 Å². The molecule has 0 radical (unpaired) electrons. The fourth-order valence-corrected chi connectivity index (χ4v) is 2.63. The van der Waals surface area contributed by atoms with Crippen molar-refractivity contribution < 1.29 is 0 Å². The van der Waals surface area contributed by atoms with Crippen molar-refractivity contribution in [2.24, 2.45) is 17.6 Å². The molecule has 2 fully saturated rings. The number of H-pyrrole nitrogens is 1. The van der Waals surface area contributed by atoms with Crippen molar-refractivity contribution in [1.82, 2.24) is 15.3 Å². The molecule has 2 heterocycles. The van der Waals surface area contributed by atoms with E-state index >= 15 is 0 Å². The number of hydrogen-bond donors (Lipinski definition) is 3. The summed E-state index contributed by atoms with van der Waals surface area (Å²) in [6.45, 7) is 2.82. The van der Waals surface area contributed by atoms with E-state index in [4.69, 9.17) is 5.73 Å². The van der Waals surface area contributed by atoms with Crippen molar-refractivity contribution in [3.05, 3.63) is 27.9 Å². The second kappa shape index (κ2) is 2.90. The summed E-state index contributed by atoms with van der Waals surface area (Å²) in [5, 5.41) is 3.36. The van der Waals surface area contributed by atoms with Gasteiger partial charge in [0.25, 0.3) is 0 Å². The number of hydrogen-bond acceptors (Lipinski definition) is 4. The molecule has 1 saturated carbocycles. The number of nitrogens with two attached hydrogens (primary N) is 1. The molecule has 0 aromatic carbocycles. The third-order valence-electron chi connectivity index (χ3n) is 3.47. The quantitative estimate of drug-likeness (QED) is 0.567. The summed E-state index contributed by atoms with van der Waals surface area (Å²) < 4.78 is 0. The Kier molecular flexibility index (Phi) is 1.75. The van der Waals surface area contributed by atoms with Gasteiger partial charge in [-0.1, -0.05) is 0 Å². The van der Waals surface area contributed by atoms with E-state index in [0.29, 0.717) is 11.8 Å². The lowest BCUT2D eigenvalue weighted by Crippen LogP contribution is -2.28. The lowest BCUT2D eigenvalue weighted by molar-refractivity contribution is 0.521. The van der Waals surface area contributed by atoms with Crippen molar-refractivity contribution in [2.45, 2.75) is 19.0 Å². The molecule has 15 heavy (non-hydrogen) atoms. The van der Waals surface area contributed by atoms with Crippen LogP contribution in [0, 0.1) is 18.8 Å². The van der Waals surface area contributed by atoms with Gasteiger partial charge >= 0.3 is 5.69 Å². The zero-order chi connectivity index (χ0) is 10.6. The van der Waals surface area contributed by atoms with Gasteiger partial charge < -0.3 is 16.0 Å². The highest BCUT2D eigenvalue weighted by Crippen LogP contribution is 2.49. The van der Waals surface area contributed by atoms with E-state index in [1.807, 2.05) is 13.0 Å². The first-order valence-electron chi connectivity index (χ1n) is 5.23. The minimum absolute atomic E-state index is 0.172. The van der Waals surface area contributed by atoms with E-state index in [1.54, 1.807) is 0 Å². The number of aromatic nitrogens is 2. The highest BCUT2D eigenvalue weighted by molar-refractivity contribution is 5.22. The monoisotopic (exact) mass is 206 g/mol. The van der Waals surface area contributed by atoms with E-state index in [1.165, 1.54) is 0 Å². The molecule has 5 heteroatoms. The van der Waals surface area contributed by atoms with Crippen LogP contribution in [-0.4, -0.2) is 22.6 Å². The molecule has 0 bridgehead atoms. The highest BCUT2D eigenvalue weighted by atomic mass is 16.1. The van der Waals surface area contributed by atoms with Crippen molar-refractivity contribution in [1.29, 1.82) is 0 Å². The Balaban J connectivity index is 1.96.